The van der Waals surface area contributed by atoms with Crippen molar-refractivity contribution in [2.24, 2.45) is 0 Å². The van der Waals surface area contributed by atoms with Gasteiger partial charge >= 0.3 is 0 Å². The highest BCUT2D eigenvalue weighted by Gasteiger charge is 2.35. The third-order valence-electron chi connectivity index (χ3n) is 3.52. The third-order valence-corrected chi connectivity index (χ3v) is 6.80. The van der Waals surface area contributed by atoms with Crippen LogP contribution >= 0.6 is 31.9 Å². The molecule has 0 amide bonds. The molecule has 1 aliphatic rings. The predicted octanol–water partition coefficient (Wildman–Crippen LogP) is 2.37. The molecule has 0 atom stereocenters. The average Bonchev–Trinajstić information content (AvgIpc) is 2.38. The maximum atomic E-state index is 12.6. The molecule has 8 heteroatoms. The lowest BCUT2D eigenvalue weighted by molar-refractivity contribution is -0.0689. The number of hydrogen-bond acceptors (Lipinski definition) is 4. The fourth-order valence-corrected chi connectivity index (χ4v) is 5.21. The molecule has 118 valence electrons. The number of hydrogen-bond donors (Lipinski definition) is 1. The van der Waals surface area contributed by atoms with Crippen LogP contribution in [0.25, 0.3) is 0 Å². The molecule has 1 heterocycles. The second kappa shape index (κ2) is 6.64. The van der Waals surface area contributed by atoms with Crippen LogP contribution in [0.3, 0.4) is 0 Å². The van der Waals surface area contributed by atoms with Crippen LogP contribution in [0.15, 0.2) is 32.0 Å². The van der Waals surface area contributed by atoms with Crippen LogP contribution in [-0.2, 0) is 14.8 Å². The smallest absolute Gasteiger partial charge is 0.244 e. The summed E-state index contributed by atoms with van der Waals surface area (Å²) in [5, 5.41) is 10.5. The van der Waals surface area contributed by atoms with Gasteiger partial charge < -0.3 is 9.84 Å². The summed E-state index contributed by atoms with van der Waals surface area (Å²) in [6.07, 6.45) is 0.878. The first kappa shape index (κ1) is 17.4. The maximum Gasteiger partial charge on any atom is 0.244 e. The predicted molar refractivity (Wildman–Crippen MR) is 86.7 cm³/mol. The highest BCUT2D eigenvalue weighted by atomic mass is 79.9. The first-order chi connectivity index (χ1) is 9.74. The Balaban J connectivity index is 2.22. The van der Waals surface area contributed by atoms with E-state index in [0.717, 1.165) is 4.47 Å². The molecule has 0 aliphatic carbocycles. The van der Waals surface area contributed by atoms with Crippen LogP contribution in [0.2, 0.25) is 0 Å². The Bertz CT molecular complexity index is 615. The molecule has 0 aromatic heterocycles. The monoisotopic (exact) mass is 441 g/mol. The summed E-state index contributed by atoms with van der Waals surface area (Å²) >= 11 is 6.57. The Labute approximate surface area is 141 Å². The van der Waals surface area contributed by atoms with Crippen LogP contribution in [-0.4, -0.2) is 50.2 Å². The zero-order valence-corrected chi connectivity index (χ0v) is 15.5. The van der Waals surface area contributed by atoms with Gasteiger partial charge in [0.25, 0.3) is 0 Å². The van der Waals surface area contributed by atoms with E-state index in [1.54, 1.807) is 12.1 Å². The average molecular weight is 443 g/mol. The number of benzene rings is 1. The van der Waals surface area contributed by atoms with Crippen molar-refractivity contribution < 1.29 is 18.3 Å². The van der Waals surface area contributed by atoms with Crippen LogP contribution in [0.4, 0.5) is 0 Å². The Morgan fingerprint density at radius 2 is 1.95 bits per heavy atom. The van der Waals surface area contributed by atoms with Crippen molar-refractivity contribution in [3.05, 3.63) is 27.1 Å². The van der Waals surface area contributed by atoms with Gasteiger partial charge in [0.2, 0.25) is 10.0 Å². The van der Waals surface area contributed by atoms with Crippen molar-refractivity contribution in [3.63, 3.8) is 0 Å². The summed E-state index contributed by atoms with van der Waals surface area (Å²) in [6, 6.07) is 4.90. The molecule has 21 heavy (non-hydrogen) atoms. The van der Waals surface area contributed by atoms with E-state index in [0.29, 0.717) is 30.5 Å². The summed E-state index contributed by atoms with van der Waals surface area (Å²) in [4.78, 5) is 0.184. The minimum absolute atomic E-state index is 0.0567. The van der Waals surface area contributed by atoms with Gasteiger partial charge in [0.1, 0.15) is 0 Å². The zero-order valence-electron chi connectivity index (χ0n) is 11.6. The highest BCUT2D eigenvalue weighted by Crippen LogP contribution is 2.29. The van der Waals surface area contributed by atoms with Gasteiger partial charge in [0.15, 0.2) is 0 Å². The van der Waals surface area contributed by atoms with E-state index in [-0.39, 0.29) is 11.4 Å². The van der Waals surface area contributed by atoms with Gasteiger partial charge in [-0.3, -0.25) is 0 Å². The minimum Gasteiger partial charge on any atom is -0.388 e. The molecule has 0 bridgehead atoms. The van der Waals surface area contributed by atoms with Gasteiger partial charge in [-0.1, -0.05) is 15.9 Å². The number of aliphatic hydroxyl groups is 1. The molecular formula is C13H17Br2NO4S. The Hall–Kier alpha value is 0.01000. The topological polar surface area (TPSA) is 66.8 Å². The second-order valence-electron chi connectivity index (χ2n) is 5.17. The first-order valence-electron chi connectivity index (χ1n) is 6.46. The number of likely N-dealkylation sites (N-methyl/N-ethyl adjacent to an activating group) is 1. The van der Waals surface area contributed by atoms with Gasteiger partial charge in [-0.25, -0.2) is 8.42 Å². The second-order valence-corrected chi connectivity index (χ2v) is 8.96. The molecule has 1 fully saturated rings. The van der Waals surface area contributed by atoms with Crippen LogP contribution < -0.4 is 0 Å². The quantitative estimate of drug-likeness (QED) is 0.777. The minimum atomic E-state index is -3.66. The lowest BCUT2D eigenvalue weighted by Crippen LogP contribution is -2.47. The van der Waals surface area contributed by atoms with E-state index >= 15 is 0 Å². The Kier molecular flexibility index (Phi) is 5.49. The third kappa shape index (κ3) is 4.05. The summed E-state index contributed by atoms with van der Waals surface area (Å²) in [6.45, 7) is 0.958. The van der Waals surface area contributed by atoms with Crippen LogP contribution in [0.5, 0.6) is 0 Å². The molecule has 0 spiro atoms. The Morgan fingerprint density at radius 3 is 2.52 bits per heavy atom. The molecule has 5 nitrogen and oxygen atoms in total. The lowest BCUT2D eigenvalue weighted by Gasteiger charge is -2.35. The molecule has 0 saturated carbocycles. The van der Waals surface area contributed by atoms with Gasteiger partial charge in [-0.05, 0) is 34.1 Å². The number of halogens is 2. The van der Waals surface area contributed by atoms with Crippen molar-refractivity contribution in [1.82, 2.24) is 4.31 Å². The van der Waals surface area contributed by atoms with Gasteiger partial charge in [-0.2, -0.15) is 4.31 Å². The number of sulfonamides is 1. The fourth-order valence-electron chi connectivity index (χ4n) is 2.26. The first-order valence-corrected chi connectivity index (χ1v) is 9.49. The van der Waals surface area contributed by atoms with Crippen molar-refractivity contribution in [2.75, 3.05) is 26.8 Å². The standard InChI is InChI=1S/C13H17Br2NO4S/c1-16(9-13(17)4-6-20-7-5-13)21(18,19)12-3-2-10(14)8-11(12)15/h2-3,8,17H,4-7,9H2,1H3. The van der Waals surface area contributed by atoms with E-state index in [4.69, 9.17) is 4.74 Å². The van der Waals surface area contributed by atoms with E-state index < -0.39 is 15.6 Å². The van der Waals surface area contributed by atoms with E-state index in [9.17, 15) is 13.5 Å². The summed E-state index contributed by atoms with van der Waals surface area (Å²) in [7, 11) is -2.18. The molecule has 1 aromatic carbocycles. The zero-order chi connectivity index (χ0) is 15.7. The normalized spacial score (nSPS) is 18.9. The molecule has 0 radical (unpaired) electrons. The Morgan fingerprint density at radius 1 is 1.33 bits per heavy atom. The summed E-state index contributed by atoms with van der Waals surface area (Å²) in [5.41, 5.74) is -1.03. The van der Waals surface area contributed by atoms with Crippen molar-refractivity contribution in [1.29, 1.82) is 0 Å². The van der Waals surface area contributed by atoms with Crippen molar-refractivity contribution >= 4 is 41.9 Å². The van der Waals surface area contributed by atoms with E-state index in [1.807, 2.05) is 0 Å². The van der Waals surface area contributed by atoms with Crippen molar-refractivity contribution in [2.45, 2.75) is 23.3 Å². The number of ether oxygens (including phenoxy) is 1. The molecule has 1 aromatic rings. The molecule has 2 rings (SSSR count). The molecule has 1 saturated heterocycles. The maximum absolute atomic E-state index is 12.6. The number of nitrogens with zero attached hydrogens (tertiary/aromatic N) is 1. The van der Waals surface area contributed by atoms with E-state index in [1.165, 1.54) is 17.4 Å². The molecule has 1 N–H and O–H groups in total. The van der Waals surface area contributed by atoms with E-state index in [2.05, 4.69) is 31.9 Å². The lowest BCUT2D eigenvalue weighted by atomic mass is 9.95. The molecule has 1 aliphatic heterocycles. The van der Waals surface area contributed by atoms with Crippen LogP contribution in [0, 0.1) is 0 Å². The van der Waals surface area contributed by atoms with Crippen molar-refractivity contribution in [3.8, 4) is 0 Å². The summed E-state index contributed by atoms with van der Waals surface area (Å²) in [5.74, 6) is 0. The fraction of sp³-hybridized carbons (Fsp3) is 0.538. The largest absolute Gasteiger partial charge is 0.388 e. The van der Waals surface area contributed by atoms with Gasteiger partial charge in [0, 0.05) is 48.6 Å². The van der Waals surface area contributed by atoms with Gasteiger partial charge in [-0.15, -0.1) is 0 Å². The molecular weight excluding hydrogens is 426 g/mol. The molecule has 0 unspecified atom stereocenters. The summed E-state index contributed by atoms with van der Waals surface area (Å²) < 4.78 is 32.9. The SMILES string of the molecule is CN(CC1(O)CCOCC1)S(=O)(=O)c1ccc(Br)cc1Br. The highest BCUT2D eigenvalue weighted by molar-refractivity contribution is 9.11. The van der Waals surface area contributed by atoms with Gasteiger partial charge in [0.05, 0.1) is 10.5 Å². The van der Waals surface area contributed by atoms with Crippen LogP contribution in [0.1, 0.15) is 12.8 Å². The number of rotatable bonds is 4.